The maximum atomic E-state index is 13.5. The summed E-state index contributed by atoms with van der Waals surface area (Å²) in [5.74, 6) is -1.02. The number of benzene rings is 1. The molecule has 1 aromatic carbocycles. The molecule has 154 valence electrons. The van der Waals surface area contributed by atoms with Crippen molar-refractivity contribution in [1.29, 1.82) is 0 Å². The minimum absolute atomic E-state index is 0.0952. The predicted octanol–water partition coefficient (Wildman–Crippen LogP) is 3.07. The summed E-state index contributed by atoms with van der Waals surface area (Å²) in [4.78, 5) is 26.0. The Bertz CT molecular complexity index is 746. The summed E-state index contributed by atoms with van der Waals surface area (Å²) in [5.41, 5.74) is 0.564. The van der Waals surface area contributed by atoms with Crippen molar-refractivity contribution < 1.29 is 27.5 Å². The maximum absolute atomic E-state index is 13.5. The molecule has 10 heteroatoms. The molecule has 1 saturated heterocycles. The molecule has 0 radical (unpaired) electrons. The number of nitrogens with zero attached hydrogens (tertiary/aromatic N) is 1. The first-order chi connectivity index (χ1) is 13.3. The molecule has 1 heterocycles. The summed E-state index contributed by atoms with van der Waals surface area (Å²) in [5, 5.41) is 5.44. The lowest BCUT2D eigenvalue weighted by molar-refractivity contribution is -0.193. The number of halogens is 4. The lowest BCUT2D eigenvalue weighted by atomic mass is 9.75. The van der Waals surface area contributed by atoms with E-state index >= 15 is 0 Å². The Morgan fingerprint density at radius 3 is 2.75 bits per heavy atom. The third-order valence-electron chi connectivity index (χ3n) is 5.24. The number of carbonyl (C=O) groups is 2. The summed E-state index contributed by atoms with van der Waals surface area (Å²) >= 11 is 5.87. The second-order valence-electron chi connectivity index (χ2n) is 7.01. The zero-order valence-electron chi connectivity index (χ0n) is 15.1. The zero-order chi connectivity index (χ0) is 20.4. The Morgan fingerprint density at radius 2 is 2.11 bits per heavy atom. The number of piperazine rings is 1. The fraction of sp³-hybridized carbons (Fsp3) is 0.556. The van der Waals surface area contributed by atoms with Crippen LogP contribution in [0.4, 0.5) is 18.0 Å². The van der Waals surface area contributed by atoms with Crippen molar-refractivity contribution >= 4 is 23.5 Å². The molecule has 1 aliphatic heterocycles. The molecule has 2 fully saturated rings. The molecule has 1 aromatic rings. The molecule has 1 unspecified atom stereocenters. The Balaban J connectivity index is 1.75. The molecular formula is C18H21ClF3N3O3. The van der Waals surface area contributed by atoms with Crippen LogP contribution >= 0.6 is 11.6 Å². The van der Waals surface area contributed by atoms with E-state index in [1.54, 1.807) is 6.92 Å². The first kappa shape index (κ1) is 20.7. The SMILES string of the molecule is C[C@@H]1C(=O)NCCN1C(=O)NC(c1ccc(F)c(Cl)c1)[C@H]1C[C@H](OC(F)F)C1. The van der Waals surface area contributed by atoms with E-state index in [0.29, 0.717) is 31.5 Å². The van der Waals surface area contributed by atoms with E-state index in [1.807, 2.05) is 0 Å². The van der Waals surface area contributed by atoms with Crippen LogP contribution in [-0.4, -0.2) is 48.7 Å². The van der Waals surface area contributed by atoms with Crippen molar-refractivity contribution in [2.24, 2.45) is 5.92 Å². The van der Waals surface area contributed by atoms with Crippen molar-refractivity contribution in [1.82, 2.24) is 15.5 Å². The first-order valence-corrected chi connectivity index (χ1v) is 9.37. The van der Waals surface area contributed by atoms with Crippen LogP contribution in [0.3, 0.4) is 0 Å². The highest BCUT2D eigenvalue weighted by molar-refractivity contribution is 6.30. The second-order valence-corrected chi connectivity index (χ2v) is 7.42. The third kappa shape index (κ3) is 4.52. The van der Waals surface area contributed by atoms with Gasteiger partial charge >= 0.3 is 12.6 Å². The molecule has 0 spiro atoms. The van der Waals surface area contributed by atoms with Crippen LogP contribution in [0.1, 0.15) is 31.4 Å². The Kier molecular flexibility index (Phi) is 6.34. The van der Waals surface area contributed by atoms with E-state index in [1.165, 1.54) is 23.1 Å². The lowest BCUT2D eigenvalue weighted by Gasteiger charge is -2.42. The highest BCUT2D eigenvalue weighted by Crippen LogP contribution is 2.41. The summed E-state index contributed by atoms with van der Waals surface area (Å²) in [6, 6.07) is 2.45. The normalized spacial score (nSPS) is 25.9. The van der Waals surface area contributed by atoms with E-state index < -0.39 is 36.6 Å². The summed E-state index contributed by atoms with van der Waals surface area (Å²) in [7, 11) is 0. The van der Waals surface area contributed by atoms with Gasteiger partial charge in [-0.1, -0.05) is 17.7 Å². The zero-order valence-corrected chi connectivity index (χ0v) is 15.9. The number of hydrogen-bond donors (Lipinski definition) is 2. The van der Waals surface area contributed by atoms with Crippen LogP contribution in [0, 0.1) is 11.7 Å². The number of rotatable bonds is 5. The van der Waals surface area contributed by atoms with Gasteiger partial charge in [-0.2, -0.15) is 8.78 Å². The smallest absolute Gasteiger partial charge is 0.345 e. The third-order valence-corrected chi connectivity index (χ3v) is 5.53. The number of nitrogens with one attached hydrogen (secondary N) is 2. The molecule has 0 aromatic heterocycles. The van der Waals surface area contributed by atoms with Crippen LogP contribution in [0.2, 0.25) is 5.02 Å². The Morgan fingerprint density at radius 1 is 1.39 bits per heavy atom. The summed E-state index contributed by atoms with van der Waals surface area (Å²) < 4.78 is 42.8. The van der Waals surface area contributed by atoms with Crippen molar-refractivity contribution in [2.75, 3.05) is 13.1 Å². The monoisotopic (exact) mass is 419 g/mol. The minimum atomic E-state index is -2.85. The molecule has 1 aliphatic carbocycles. The summed E-state index contributed by atoms with van der Waals surface area (Å²) in [6.07, 6.45) is 0.0423. The van der Waals surface area contributed by atoms with Gasteiger partial charge < -0.3 is 20.3 Å². The van der Waals surface area contributed by atoms with Gasteiger partial charge in [-0.3, -0.25) is 4.79 Å². The standard InChI is InChI=1S/C18H21ClF3N3O3/c1-9-16(26)23-4-5-25(9)18(27)24-15(10-2-3-14(20)13(19)8-10)11-6-12(7-11)28-17(21)22/h2-3,8-9,11-12,15,17H,4-7H2,1H3,(H,23,26)(H,24,27)/t9-,11-,12-,15?/m1/s1. The van der Waals surface area contributed by atoms with E-state index in [-0.39, 0.29) is 16.8 Å². The van der Waals surface area contributed by atoms with E-state index in [2.05, 4.69) is 15.4 Å². The fourth-order valence-corrected chi connectivity index (χ4v) is 3.78. The van der Waals surface area contributed by atoms with E-state index in [9.17, 15) is 22.8 Å². The number of hydrogen-bond acceptors (Lipinski definition) is 3. The molecule has 28 heavy (non-hydrogen) atoms. The van der Waals surface area contributed by atoms with Gasteiger partial charge in [0, 0.05) is 13.1 Å². The van der Waals surface area contributed by atoms with Gasteiger partial charge in [0.15, 0.2) is 0 Å². The van der Waals surface area contributed by atoms with Crippen LogP contribution in [0.25, 0.3) is 0 Å². The Hall–Kier alpha value is -2.00. The topological polar surface area (TPSA) is 70.7 Å². The van der Waals surface area contributed by atoms with Crippen LogP contribution in [0.15, 0.2) is 18.2 Å². The van der Waals surface area contributed by atoms with Gasteiger partial charge in [0.05, 0.1) is 17.2 Å². The fourth-order valence-electron chi connectivity index (χ4n) is 3.59. The van der Waals surface area contributed by atoms with Gasteiger partial charge in [-0.15, -0.1) is 0 Å². The molecule has 1 saturated carbocycles. The average Bonchev–Trinajstić information content (AvgIpc) is 2.60. The van der Waals surface area contributed by atoms with Gasteiger partial charge in [-0.05, 0) is 43.4 Å². The van der Waals surface area contributed by atoms with Gasteiger partial charge in [0.1, 0.15) is 11.9 Å². The van der Waals surface area contributed by atoms with Crippen molar-refractivity contribution in [2.45, 2.75) is 44.6 Å². The lowest BCUT2D eigenvalue weighted by Crippen LogP contribution is -2.59. The first-order valence-electron chi connectivity index (χ1n) is 8.99. The van der Waals surface area contributed by atoms with Crippen LogP contribution < -0.4 is 10.6 Å². The number of urea groups is 1. The van der Waals surface area contributed by atoms with E-state index in [0.717, 1.165) is 0 Å². The van der Waals surface area contributed by atoms with Crippen molar-refractivity contribution in [3.63, 3.8) is 0 Å². The van der Waals surface area contributed by atoms with Gasteiger partial charge in [-0.25, -0.2) is 9.18 Å². The molecule has 3 rings (SSSR count). The summed E-state index contributed by atoms with van der Waals surface area (Å²) in [6.45, 7) is -0.547. The van der Waals surface area contributed by atoms with E-state index in [4.69, 9.17) is 11.6 Å². The highest BCUT2D eigenvalue weighted by Gasteiger charge is 2.40. The molecule has 6 nitrogen and oxygen atoms in total. The number of ether oxygens (including phenoxy) is 1. The maximum Gasteiger partial charge on any atom is 0.345 e. The highest BCUT2D eigenvalue weighted by atomic mass is 35.5. The van der Waals surface area contributed by atoms with Crippen LogP contribution in [0.5, 0.6) is 0 Å². The quantitative estimate of drug-likeness (QED) is 0.770. The van der Waals surface area contributed by atoms with Crippen LogP contribution in [-0.2, 0) is 9.53 Å². The van der Waals surface area contributed by atoms with Crippen molar-refractivity contribution in [3.05, 3.63) is 34.6 Å². The number of amides is 3. The minimum Gasteiger partial charge on any atom is -0.353 e. The molecule has 0 bridgehead atoms. The average molecular weight is 420 g/mol. The number of alkyl halides is 2. The number of carbonyl (C=O) groups excluding carboxylic acids is 2. The van der Waals surface area contributed by atoms with Crippen molar-refractivity contribution in [3.8, 4) is 0 Å². The van der Waals surface area contributed by atoms with Gasteiger partial charge in [0.25, 0.3) is 0 Å². The molecule has 2 N–H and O–H groups in total. The molecule has 3 amide bonds. The van der Waals surface area contributed by atoms with Gasteiger partial charge in [0.2, 0.25) is 5.91 Å². The predicted molar refractivity (Wildman–Crippen MR) is 95.5 cm³/mol. The molecule has 2 atom stereocenters. The molecule has 2 aliphatic rings. The Labute approximate surface area is 165 Å². The second kappa shape index (κ2) is 8.57. The molecular weight excluding hydrogens is 399 g/mol. The largest absolute Gasteiger partial charge is 0.353 e.